The average Bonchev–Trinajstić information content (AvgIpc) is 2.80. The molecule has 0 spiro atoms. The van der Waals surface area contributed by atoms with Gasteiger partial charge >= 0.3 is 11.9 Å². The van der Waals surface area contributed by atoms with E-state index in [2.05, 4.69) is 0 Å². The first-order valence-electron chi connectivity index (χ1n) is 8.00. The molecule has 8 nitrogen and oxygen atoms in total. The fourth-order valence-corrected chi connectivity index (χ4v) is 3.31. The fraction of sp³-hybridized carbons (Fsp3) is 0.211. The summed E-state index contributed by atoms with van der Waals surface area (Å²) in [6.45, 7) is 3.27. The minimum absolute atomic E-state index is 0.0119. The molecule has 8 heteroatoms. The molecule has 0 aliphatic carbocycles. The first-order chi connectivity index (χ1) is 12.9. The zero-order chi connectivity index (χ0) is 19.5. The Balaban J connectivity index is 2.06. The molecule has 4 rings (SSSR count). The van der Waals surface area contributed by atoms with Crippen LogP contribution >= 0.6 is 0 Å². The van der Waals surface area contributed by atoms with Crippen molar-refractivity contribution in [3.05, 3.63) is 45.5 Å². The van der Waals surface area contributed by atoms with E-state index in [9.17, 15) is 19.5 Å². The number of aryl methyl sites for hydroxylation is 2. The molecule has 1 unspecified atom stereocenters. The first-order valence-corrected chi connectivity index (χ1v) is 8.00. The lowest BCUT2D eigenvalue weighted by Gasteiger charge is -2.16. The van der Waals surface area contributed by atoms with Gasteiger partial charge in [0.1, 0.15) is 11.3 Å². The van der Waals surface area contributed by atoms with E-state index in [-0.39, 0.29) is 45.3 Å². The van der Waals surface area contributed by atoms with Gasteiger partial charge in [0, 0.05) is 0 Å². The van der Waals surface area contributed by atoms with Gasteiger partial charge in [-0.15, -0.1) is 0 Å². The maximum atomic E-state index is 12.7. The lowest BCUT2D eigenvalue weighted by Crippen LogP contribution is -2.11. The van der Waals surface area contributed by atoms with Crippen LogP contribution in [0.25, 0.3) is 0 Å². The predicted octanol–water partition coefficient (Wildman–Crippen LogP) is 2.61. The maximum absolute atomic E-state index is 12.7. The van der Waals surface area contributed by atoms with Crippen molar-refractivity contribution >= 4 is 18.2 Å². The number of aliphatic hydroxyl groups excluding tert-OH is 1. The number of esters is 2. The maximum Gasteiger partial charge on any atom is 0.347 e. The van der Waals surface area contributed by atoms with Crippen LogP contribution in [0.2, 0.25) is 0 Å². The molecule has 1 N–H and O–H groups in total. The van der Waals surface area contributed by atoms with Crippen LogP contribution < -0.4 is 14.2 Å². The van der Waals surface area contributed by atoms with Crippen LogP contribution in [0.15, 0.2) is 12.1 Å². The van der Waals surface area contributed by atoms with Gasteiger partial charge in [-0.25, -0.2) is 9.59 Å². The van der Waals surface area contributed by atoms with Crippen LogP contribution in [0.4, 0.5) is 0 Å². The molecule has 0 amide bonds. The second-order valence-corrected chi connectivity index (χ2v) is 6.19. The van der Waals surface area contributed by atoms with E-state index in [0.717, 1.165) is 0 Å². The van der Waals surface area contributed by atoms with E-state index < -0.39 is 18.2 Å². The summed E-state index contributed by atoms with van der Waals surface area (Å²) < 4.78 is 21.4. The zero-order valence-electron chi connectivity index (χ0n) is 14.6. The summed E-state index contributed by atoms with van der Waals surface area (Å²) in [5.74, 6) is -1.30. The molecular weight excluding hydrogens is 356 g/mol. The van der Waals surface area contributed by atoms with Gasteiger partial charge in [0.25, 0.3) is 0 Å². The number of ether oxygens (including phenoxy) is 4. The van der Waals surface area contributed by atoms with E-state index in [4.69, 9.17) is 18.9 Å². The number of benzene rings is 2. The Hall–Kier alpha value is -3.39. The molecule has 2 aliphatic rings. The van der Waals surface area contributed by atoms with Crippen molar-refractivity contribution in [3.63, 3.8) is 0 Å². The third kappa shape index (κ3) is 2.30. The van der Waals surface area contributed by atoms with Gasteiger partial charge in [0.15, 0.2) is 23.5 Å². The van der Waals surface area contributed by atoms with Crippen molar-refractivity contribution in [3.8, 4) is 23.0 Å². The third-order valence-electron chi connectivity index (χ3n) is 4.57. The average molecular weight is 370 g/mol. The second-order valence-electron chi connectivity index (χ2n) is 6.19. The molecular formula is C19H14O8. The van der Waals surface area contributed by atoms with Crippen LogP contribution in [-0.4, -0.2) is 30.4 Å². The summed E-state index contributed by atoms with van der Waals surface area (Å²) in [5, 5.41) is 10.1. The fourth-order valence-electron chi connectivity index (χ4n) is 3.31. The highest BCUT2D eigenvalue weighted by Crippen LogP contribution is 2.50. The molecule has 0 fully saturated rings. The van der Waals surface area contributed by atoms with Gasteiger partial charge in [-0.3, -0.25) is 4.79 Å². The minimum Gasteiger partial charge on any atom is -0.496 e. The highest BCUT2D eigenvalue weighted by molar-refractivity contribution is 6.02. The summed E-state index contributed by atoms with van der Waals surface area (Å²) in [6, 6.07) is 2.98. The van der Waals surface area contributed by atoms with Crippen LogP contribution in [0.3, 0.4) is 0 Å². The normalized spacial score (nSPS) is 17.0. The molecule has 0 saturated carbocycles. The Morgan fingerprint density at radius 2 is 1.78 bits per heavy atom. The summed E-state index contributed by atoms with van der Waals surface area (Å²) in [6.07, 6.45) is -1.07. The molecule has 0 saturated heterocycles. The van der Waals surface area contributed by atoms with Gasteiger partial charge in [0.2, 0.25) is 6.29 Å². The van der Waals surface area contributed by atoms with Gasteiger partial charge < -0.3 is 24.1 Å². The SMILES string of the molecule is COc1cc(C)c2c(c1C=O)Oc1c(c(C)cc3c1C(O)OC3=O)OC2=O. The van der Waals surface area contributed by atoms with Crippen LogP contribution in [0.1, 0.15) is 54.1 Å². The Kier molecular flexibility index (Phi) is 3.67. The Morgan fingerprint density at radius 3 is 2.44 bits per heavy atom. The summed E-state index contributed by atoms with van der Waals surface area (Å²) in [5.41, 5.74) is 1.13. The molecule has 2 heterocycles. The number of aldehydes is 1. The lowest BCUT2D eigenvalue weighted by molar-refractivity contribution is -0.0555. The second kappa shape index (κ2) is 5.82. The number of aliphatic hydroxyl groups is 1. The van der Waals surface area contributed by atoms with Crippen molar-refractivity contribution in [1.29, 1.82) is 0 Å². The molecule has 27 heavy (non-hydrogen) atoms. The van der Waals surface area contributed by atoms with Gasteiger partial charge in [-0.1, -0.05) is 0 Å². The highest BCUT2D eigenvalue weighted by Gasteiger charge is 2.39. The number of carbonyl (C=O) groups excluding carboxylic acids is 3. The minimum atomic E-state index is -1.58. The van der Waals surface area contributed by atoms with E-state index in [0.29, 0.717) is 17.4 Å². The summed E-state index contributed by atoms with van der Waals surface area (Å²) >= 11 is 0. The molecule has 0 bridgehead atoms. The molecule has 0 aromatic heterocycles. The summed E-state index contributed by atoms with van der Waals surface area (Å²) in [4.78, 5) is 36.4. The number of methoxy groups -OCH3 is 1. The van der Waals surface area contributed by atoms with Crippen molar-refractivity contribution in [2.75, 3.05) is 7.11 Å². The van der Waals surface area contributed by atoms with E-state index in [1.807, 2.05) is 0 Å². The van der Waals surface area contributed by atoms with Crippen molar-refractivity contribution in [1.82, 2.24) is 0 Å². The van der Waals surface area contributed by atoms with Gasteiger partial charge in [-0.05, 0) is 37.1 Å². The molecule has 1 atom stereocenters. The molecule has 0 radical (unpaired) electrons. The van der Waals surface area contributed by atoms with Crippen LogP contribution in [0.5, 0.6) is 23.0 Å². The summed E-state index contributed by atoms with van der Waals surface area (Å²) in [7, 11) is 1.38. The lowest BCUT2D eigenvalue weighted by atomic mass is 10.0. The zero-order valence-corrected chi connectivity index (χ0v) is 14.6. The molecule has 138 valence electrons. The van der Waals surface area contributed by atoms with E-state index >= 15 is 0 Å². The standard InChI is InChI=1S/C19H14O8/c1-7-5-11(24-3)10(6-20)15-12(7)18(22)26-14-8(2)4-9-13(16(14)25-15)19(23)27-17(9)21/h4-6,19,23H,1-3H3. The Labute approximate surface area is 153 Å². The number of hydrogen-bond acceptors (Lipinski definition) is 8. The van der Waals surface area contributed by atoms with Crippen LogP contribution in [-0.2, 0) is 4.74 Å². The van der Waals surface area contributed by atoms with E-state index in [1.54, 1.807) is 13.8 Å². The van der Waals surface area contributed by atoms with Crippen molar-refractivity contribution in [2.24, 2.45) is 0 Å². The van der Waals surface area contributed by atoms with Gasteiger partial charge in [0.05, 0.1) is 23.8 Å². The third-order valence-corrected chi connectivity index (χ3v) is 4.57. The first kappa shape index (κ1) is 17.0. The Morgan fingerprint density at radius 1 is 1.04 bits per heavy atom. The van der Waals surface area contributed by atoms with Gasteiger partial charge in [-0.2, -0.15) is 0 Å². The largest absolute Gasteiger partial charge is 0.496 e. The van der Waals surface area contributed by atoms with E-state index in [1.165, 1.54) is 19.2 Å². The Bertz CT molecular complexity index is 1040. The van der Waals surface area contributed by atoms with Crippen molar-refractivity contribution < 1.29 is 38.4 Å². The van der Waals surface area contributed by atoms with Crippen LogP contribution in [0, 0.1) is 13.8 Å². The highest BCUT2D eigenvalue weighted by atomic mass is 16.6. The number of hydrogen-bond donors (Lipinski definition) is 1. The smallest absolute Gasteiger partial charge is 0.347 e. The number of cyclic esters (lactones) is 1. The molecule has 2 aromatic carbocycles. The quantitative estimate of drug-likeness (QED) is 0.488. The number of fused-ring (bicyclic) bond motifs is 4. The topological polar surface area (TPSA) is 108 Å². The monoisotopic (exact) mass is 370 g/mol. The number of carbonyl (C=O) groups is 3. The molecule has 2 aromatic rings. The molecule has 2 aliphatic heterocycles. The van der Waals surface area contributed by atoms with Crippen molar-refractivity contribution in [2.45, 2.75) is 20.1 Å². The predicted molar refractivity (Wildman–Crippen MR) is 89.7 cm³/mol. The number of rotatable bonds is 2.